The zero-order valence-electron chi connectivity index (χ0n) is 10.3. The standard InChI is InChI=1S/C15H12FNO2/c1-19-15(18)12-4-2-11(3-5-12)10-17-14-8-6-13(16)7-9-14/h2-10H,1H3. The maximum Gasteiger partial charge on any atom is 0.337 e. The molecule has 0 spiro atoms. The van der Waals surface area contributed by atoms with Crippen molar-refractivity contribution >= 4 is 17.9 Å². The maximum absolute atomic E-state index is 12.7. The first kappa shape index (κ1) is 13.0. The molecule has 2 aromatic rings. The second-order valence-electron chi connectivity index (χ2n) is 3.85. The van der Waals surface area contributed by atoms with Gasteiger partial charge < -0.3 is 4.74 Å². The molecule has 0 atom stereocenters. The Labute approximate surface area is 110 Å². The Morgan fingerprint density at radius 1 is 1.11 bits per heavy atom. The highest BCUT2D eigenvalue weighted by Gasteiger charge is 2.03. The van der Waals surface area contributed by atoms with E-state index >= 15 is 0 Å². The molecule has 0 saturated heterocycles. The van der Waals surface area contributed by atoms with Gasteiger partial charge in [-0.15, -0.1) is 0 Å². The summed E-state index contributed by atoms with van der Waals surface area (Å²) in [6.07, 6.45) is 1.65. The Balaban J connectivity index is 2.11. The van der Waals surface area contributed by atoms with E-state index in [1.165, 1.54) is 19.2 Å². The third-order valence-corrected chi connectivity index (χ3v) is 2.52. The van der Waals surface area contributed by atoms with Crippen LogP contribution in [0.5, 0.6) is 0 Å². The van der Waals surface area contributed by atoms with Crippen molar-refractivity contribution in [1.29, 1.82) is 0 Å². The third-order valence-electron chi connectivity index (χ3n) is 2.52. The molecule has 0 aliphatic carbocycles. The van der Waals surface area contributed by atoms with Crippen molar-refractivity contribution in [3.05, 3.63) is 65.5 Å². The number of carbonyl (C=O) groups excluding carboxylic acids is 1. The minimum atomic E-state index is -0.373. The Morgan fingerprint density at radius 2 is 1.74 bits per heavy atom. The molecule has 3 nitrogen and oxygen atoms in total. The van der Waals surface area contributed by atoms with Gasteiger partial charge in [0.25, 0.3) is 0 Å². The molecular weight excluding hydrogens is 245 g/mol. The molecule has 4 heteroatoms. The van der Waals surface area contributed by atoms with Gasteiger partial charge in [-0.2, -0.15) is 0 Å². The van der Waals surface area contributed by atoms with Crippen molar-refractivity contribution in [1.82, 2.24) is 0 Å². The summed E-state index contributed by atoms with van der Waals surface area (Å²) in [5.41, 5.74) is 2.00. The van der Waals surface area contributed by atoms with Crippen LogP contribution in [-0.2, 0) is 4.74 Å². The molecule has 0 unspecified atom stereocenters. The molecular formula is C15H12FNO2. The fraction of sp³-hybridized carbons (Fsp3) is 0.0667. The lowest BCUT2D eigenvalue weighted by Gasteiger charge is -1.99. The second kappa shape index (κ2) is 5.91. The first-order valence-corrected chi connectivity index (χ1v) is 5.67. The van der Waals surface area contributed by atoms with Gasteiger partial charge in [0, 0.05) is 6.21 Å². The first-order valence-electron chi connectivity index (χ1n) is 5.67. The predicted octanol–water partition coefficient (Wildman–Crippen LogP) is 3.36. The van der Waals surface area contributed by atoms with Crippen molar-refractivity contribution in [2.24, 2.45) is 4.99 Å². The Kier molecular flexibility index (Phi) is 4.03. The lowest BCUT2D eigenvalue weighted by molar-refractivity contribution is 0.0600. The van der Waals surface area contributed by atoms with Crippen molar-refractivity contribution in [2.75, 3.05) is 7.11 Å². The van der Waals surface area contributed by atoms with Crippen molar-refractivity contribution in [2.45, 2.75) is 0 Å². The number of methoxy groups -OCH3 is 1. The molecule has 0 aliphatic rings. The highest BCUT2D eigenvalue weighted by Crippen LogP contribution is 2.12. The van der Waals surface area contributed by atoms with Gasteiger partial charge in [-0.3, -0.25) is 4.99 Å². The average molecular weight is 257 g/mol. The quantitative estimate of drug-likeness (QED) is 0.624. The summed E-state index contributed by atoms with van der Waals surface area (Å²) in [6, 6.07) is 12.7. The Bertz CT molecular complexity index is 589. The highest BCUT2D eigenvalue weighted by atomic mass is 19.1. The molecule has 0 radical (unpaired) electrons. The lowest BCUT2D eigenvalue weighted by Crippen LogP contribution is -2.00. The van der Waals surface area contributed by atoms with E-state index in [1.54, 1.807) is 42.6 Å². The normalized spacial score (nSPS) is 10.6. The molecule has 0 amide bonds. The van der Waals surface area contributed by atoms with Gasteiger partial charge in [0.2, 0.25) is 0 Å². The number of aliphatic imine (C=N–C) groups is 1. The van der Waals surface area contributed by atoms with Crippen LogP contribution in [-0.4, -0.2) is 19.3 Å². The van der Waals surface area contributed by atoms with Crippen LogP contribution in [0.1, 0.15) is 15.9 Å². The molecule has 96 valence electrons. The molecule has 2 aromatic carbocycles. The van der Waals surface area contributed by atoms with Gasteiger partial charge in [-0.05, 0) is 42.0 Å². The SMILES string of the molecule is COC(=O)c1ccc(C=Nc2ccc(F)cc2)cc1. The van der Waals surface area contributed by atoms with E-state index in [0.717, 1.165) is 5.56 Å². The zero-order chi connectivity index (χ0) is 13.7. The van der Waals surface area contributed by atoms with Crippen molar-refractivity contribution < 1.29 is 13.9 Å². The molecule has 2 rings (SSSR count). The van der Waals surface area contributed by atoms with Crippen LogP contribution in [0.15, 0.2) is 53.5 Å². The van der Waals surface area contributed by atoms with E-state index in [-0.39, 0.29) is 11.8 Å². The number of benzene rings is 2. The van der Waals surface area contributed by atoms with E-state index in [0.29, 0.717) is 11.3 Å². The fourth-order valence-electron chi connectivity index (χ4n) is 1.50. The third kappa shape index (κ3) is 3.48. The van der Waals surface area contributed by atoms with Crippen LogP contribution in [0.3, 0.4) is 0 Å². The summed E-state index contributed by atoms with van der Waals surface area (Å²) < 4.78 is 17.3. The van der Waals surface area contributed by atoms with Gasteiger partial charge in [-0.25, -0.2) is 9.18 Å². The summed E-state index contributed by atoms with van der Waals surface area (Å²) in [5, 5.41) is 0. The van der Waals surface area contributed by atoms with Crippen molar-refractivity contribution in [3.8, 4) is 0 Å². The largest absolute Gasteiger partial charge is 0.465 e. The van der Waals surface area contributed by atoms with E-state index in [2.05, 4.69) is 9.73 Å². The number of carbonyl (C=O) groups is 1. The summed E-state index contributed by atoms with van der Waals surface area (Å²) in [6.45, 7) is 0. The van der Waals surface area contributed by atoms with Gasteiger partial charge in [0.1, 0.15) is 5.82 Å². The maximum atomic E-state index is 12.7. The minimum Gasteiger partial charge on any atom is -0.465 e. The Morgan fingerprint density at radius 3 is 2.32 bits per heavy atom. The van der Waals surface area contributed by atoms with Gasteiger partial charge in [0.15, 0.2) is 0 Å². The molecule has 0 N–H and O–H groups in total. The van der Waals surface area contributed by atoms with Crippen LogP contribution >= 0.6 is 0 Å². The van der Waals surface area contributed by atoms with Gasteiger partial charge in [-0.1, -0.05) is 12.1 Å². The summed E-state index contributed by atoms with van der Waals surface area (Å²) in [7, 11) is 1.34. The molecule has 0 aliphatic heterocycles. The van der Waals surface area contributed by atoms with Gasteiger partial charge in [0.05, 0.1) is 18.4 Å². The van der Waals surface area contributed by atoms with Crippen LogP contribution in [0.4, 0.5) is 10.1 Å². The molecule has 0 fully saturated rings. The average Bonchev–Trinajstić information content (AvgIpc) is 2.46. The van der Waals surface area contributed by atoms with Crippen LogP contribution in [0.25, 0.3) is 0 Å². The first-order chi connectivity index (χ1) is 9.19. The molecule has 0 saturated carbocycles. The van der Waals surface area contributed by atoms with Crippen LogP contribution < -0.4 is 0 Å². The fourth-order valence-corrected chi connectivity index (χ4v) is 1.50. The van der Waals surface area contributed by atoms with Crippen LogP contribution in [0, 0.1) is 5.82 Å². The number of rotatable bonds is 3. The molecule has 0 aromatic heterocycles. The zero-order valence-corrected chi connectivity index (χ0v) is 10.3. The second-order valence-corrected chi connectivity index (χ2v) is 3.85. The smallest absolute Gasteiger partial charge is 0.337 e. The summed E-state index contributed by atoms with van der Waals surface area (Å²) >= 11 is 0. The van der Waals surface area contributed by atoms with E-state index < -0.39 is 0 Å². The van der Waals surface area contributed by atoms with E-state index in [1.807, 2.05) is 0 Å². The number of esters is 1. The van der Waals surface area contributed by atoms with E-state index in [4.69, 9.17) is 0 Å². The summed E-state index contributed by atoms with van der Waals surface area (Å²) in [4.78, 5) is 15.4. The number of ether oxygens (including phenoxy) is 1. The monoisotopic (exact) mass is 257 g/mol. The topological polar surface area (TPSA) is 38.7 Å². The minimum absolute atomic E-state index is 0.290. The number of nitrogens with zero attached hydrogens (tertiary/aromatic N) is 1. The highest BCUT2D eigenvalue weighted by molar-refractivity contribution is 5.90. The summed E-state index contributed by atoms with van der Waals surface area (Å²) in [5.74, 6) is -0.664. The predicted molar refractivity (Wildman–Crippen MR) is 71.4 cm³/mol. The number of hydrogen-bond acceptors (Lipinski definition) is 3. The number of hydrogen-bond donors (Lipinski definition) is 0. The van der Waals surface area contributed by atoms with Crippen LogP contribution in [0.2, 0.25) is 0 Å². The Hall–Kier alpha value is -2.49. The molecule has 0 bridgehead atoms. The van der Waals surface area contributed by atoms with Crippen molar-refractivity contribution in [3.63, 3.8) is 0 Å². The number of halogens is 1. The molecule has 0 heterocycles. The van der Waals surface area contributed by atoms with E-state index in [9.17, 15) is 9.18 Å². The molecule has 19 heavy (non-hydrogen) atoms. The lowest BCUT2D eigenvalue weighted by atomic mass is 10.1. The van der Waals surface area contributed by atoms with Gasteiger partial charge >= 0.3 is 5.97 Å².